The molecule has 14 bridgehead atoms. The lowest BCUT2D eigenvalue weighted by Crippen LogP contribution is -2.68. The Balaban J connectivity index is 1.09. The van der Waals surface area contributed by atoms with Gasteiger partial charge in [0.25, 0.3) is 0 Å². The molecule has 15 aliphatic heterocycles. The molecule has 15 saturated heterocycles. The number of rotatable bonds is 8. The molecule has 37 heteroatoms. The summed E-state index contributed by atoms with van der Waals surface area (Å²) in [7, 11) is 0. The molecule has 0 aliphatic carbocycles. The topological polar surface area (TPSA) is 583 Å². The normalized spacial score (nSPS) is 54.1. The van der Waals surface area contributed by atoms with Crippen LogP contribution in [-0.2, 0) is 66.3 Å². The van der Waals surface area contributed by atoms with E-state index in [0.29, 0.717) is 0 Å². The Labute approximate surface area is 444 Å². The highest BCUT2D eigenvalue weighted by molar-refractivity contribution is 5.02. The SMILES string of the molecule is [N-]=[N+]=N[C@@H]1[C@H]2O[C@H]3[C@@H](O)[C@H](O)[C@@H](O[C@H]4[C@@H](O)[C@H](O)[C@@H](O[C@H]5[C@@H](O)[C@@H](O)[C@@H](O[C@H]6[C@H](O)[C@@H](O)[C@@H](O[C@H]7[C@H](O)[C@@H](O)[C@@H](O[C@H]8[C@H](O)[C@@H](O)[C@@H](O[C@@H]([C@H]1O)[C@@H](CO)O2)O[C@@H]8CO)O[C@@H]7CO)O[C@@H]6CO)O[C@@H]5CO)O[C@@H]4CO)O[C@@H]3CO. The Kier molecular flexibility index (Phi) is 21.4. The van der Waals surface area contributed by atoms with Crippen molar-refractivity contribution in [3.05, 3.63) is 10.4 Å². The lowest BCUT2D eigenvalue weighted by molar-refractivity contribution is -0.396. The highest BCUT2D eigenvalue weighted by Gasteiger charge is 2.59. The van der Waals surface area contributed by atoms with Gasteiger partial charge in [0, 0.05) is 4.91 Å². The Morgan fingerprint density at radius 3 is 0.582 bits per heavy atom. The number of hydrogen-bond donors (Lipinski definition) is 20. The second-order valence-corrected chi connectivity index (χ2v) is 19.9. The minimum Gasteiger partial charge on any atom is -0.394 e. The Bertz CT molecular complexity index is 1970. The van der Waals surface area contributed by atoms with Crippen molar-refractivity contribution in [1.82, 2.24) is 0 Å². The van der Waals surface area contributed by atoms with Gasteiger partial charge in [-0.25, -0.2) is 0 Å². The van der Waals surface area contributed by atoms with Crippen LogP contribution in [-0.4, -0.2) is 363 Å². The summed E-state index contributed by atoms with van der Waals surface area (Å²) < 4.78 is 80.0. The molecule has 0 aromatic carbocycles. The number of hydrogen-bond acceptors (Lipinski definition) is 35. The largest absolute Gasteiger partial charge is 0.394 e. The fourth-order valence-electron chi connectivity index (χ4n) is 10.6. The summed E-state index contributed by atoms with van der Waals surface area (Å²) in [6, 6.07) is -1.93. The summed E-state index contributed by atoms with van der Waals surface area (Å²) in [5, 5.41) is 224. The van der Waals surface area contributed by atoms with Gasteiger partial charge in [0.1, 0.15) is 165 Å². The van der Waals surface area contributed by atoms with E-state index in [0.717, 1.165) is 0 Å². The van der Waals surface area contributed by atoms with Crippen molar-refractivity contribution < 1.29 is 168 Å². The maximum atomic E-state index is 11.6. The first-order chi connectivity index (χ1) is 37.7. The molecule has 0 unspecified atom stereocenters. The molecule has 15 fully saturated rings. The zero-order chi connectivity index (χ0) is 57.5. The summed E-state index contributed by atoms with van der Waals surface area (Å²) in [4.78, 5) is 2.67. The molecule has 79 heavy (non-hydrogen) atoms. The molecule has 0 aromatic rings. The molecule has 15 rings (SSSR count). The maximum absolute atomic E-state index is 11.6. The predicted octanol–water partition coefficient (Wildman–Crippen LogP) is -13.9. The molecule has 20 N–H and O–H groups in total. The van der Waals surface area contributed by atoms with Crippen LogP contribution >= 0.6 is 0 Å². The molecule has 456 valence electrons. The van der Waals surface area contributed by atoms with Crippen LogP contribution in [0, 0.1) is 0 Å². The third-order valence-electron chi connectivity index (χ3n) is 15.0. The van der Waals surface area contributed by atoms with E-state index in [1.165, 1.54) is 0 Å². The molecule has 35 atom stereocenters. The van der Waals surface area contributed by atoms with Crippen LogP contribution in [0.1, 0.15) is 0 Å². The van der Waals surface area contributed by atoms with Gasteiger partial charge in [0.15, 0.2) is 44.0 Å². The van der Waals surface area contributed by atoms with Gasteiger partial charge in [-0.05, 0) is 5.53 Å². The Morgan fingerprint density at radius 1 is 0.241 bits per heavy atom. The fourth-order valence-corrected chi connectivity index (χ4v) is 10.6. The minimum atomic E-state index is -2.23. The van der Waals surface area contributed by atoms with Crippen LogP contribution in [0.15, 0.2) is 5.11 Å². The van der Waals surface area contributed by atoms with Crippen molar-refractivity contribution in [1.29, 1.82) is 0 Å². The Hall–Kier alpha value is -2.05. The summed E-state index contributed by atoms with van der Waals surface area (Å²) in [6.07, 6.45) is -68.4. The highest BCUT2D eigenvalue weighted by atomic mass is 16.8. The van der Waals surface area contributed by atoms with E-state index in [9.17, 15) is 108 Å². The quantitative estimate of drug-likeness (QED) is 0.0610. The van der Waals surface area contributed by atoms with Crippen LogP contribution in [0.2, 0.25) is 0 Å². The summed E-state index contributed by atoms with van der Waals surface area (Å²) in [6.45, 7) is -7.41. The van der Waals surface area contributed by atoms with Crippen molar-refractivity contribution in [2.45, 2.75) is 215 Å². The summed E-state index contributed by atoms with van der Waals surface area (Å²) >= 11 is 0. The van der Waals surface area contributed by atoms with Gasteiger partial charge in [-0.2, -0.15) is 0 Å². The molecule has 15 heterocycles. The van der Waals surface area contributed by atoms with E-state index in [-0.39, 0.29) is 0 Å². The van der Waals surface area contributed by atoms with Gasteiger partial charge in [0.2, 0.25) is 0 Å². The standard InChI is InChI=1S/C42H69N3O34/c43-45-44-15-16(53)29-8(1-46)66-36(15)73-30-9(2-47)67-38(23(60)17(30)54)75-32-11(4-49)69-40(25(62)19(32)56)77-34-13(6-51)71-42(27(64)21(34)58)79-35-14(7-52)72-41(28(65)22(35)59)78-33-12(5-50)70-39(26(63)20(33)57)76-31-10(3-48)68-37(74-29)24(61)18(31)55/h8-42,46-65H,1-7H2/t8-,9-,10-,11-,12-,13-,14-,15+,16+,17+,18-,19+,20-,21+,22-,23+,24-,25+,26-,27-,28-,29-,30-,31-,32-,33-,34-,35-,36-,37-,38-,39-,40-,41-,42-/m1/s1. The number of aliphatic hydroxyl groups excluding tert-OH is 20. The second kappa shape index (κ2) is 26.9. The molecular formula is C42H69N3O34. The third-order valence-corrected chi connectivity index (χ3v) is 15.0. The molecule has 0 spiro atoms. The van der Waals surface area contributed by atoms with Crippen LogP contribution in [0.3, 0.4) is 0 Å². The first kappa shape index (κ1) is 63.0. The molecule has 0 radical (unpaired) electrons. The second-order valence-electron chi connectivity index (χ2n) is 19.9. The molecule has 0 amide bonds. The van der Waals surface area contributed by atoms with E-state index in [2.05, 4.69) is 10.0 Å². The van der Waals surface area contributed by atoms with Crippen molar-refractivity contribution in [2.75, 3.05) is 46.2 Å². The van der Waals surface area contributed by atoms with Crippen molar-refractivity contribution in [2.24, 2.45) is 5.11 Å². The monoisotopic (exact) mass is 1160 g/mol. The summed E-state index contributed by atoms with van der Waals surface area (Å²) in [5.41, 5.74) is 9.53. The molecule has 37 nitrogen and oxygen atoms in total. The summed E-state index contributed by atoms with van der Waals surface area (Å²) in [5.74, 6) is 0. The number of fused-ring (bicyclic) bond motifs is 7. The smallest absolute Gasteiger partial charge is 0.187 e. The first-order valence-electron chi connectivity index (χ1n) is 25.0. The van der Waals surface area contributed by atoms with Gasteiger partial charge in [0.05, 0.1) is 52.4 Å². The van der Waals surface area contributed by atoms with E-state index in [1.54, 1.807) is 0 Å². The van der Waals surface area contributed by atoms with Gasteiger partial charge in [-0.15, -0.1) is 0 Å². The average Bonchev–Trinajstić information content (AvgIpc) is 3.60. The number of ether oxygens (including phenoxy) is 14. The lowest BCUT2D eigenvalue weighted by atomic mass is 9.94. The minimum absolute atomic E-state index is 1.05. The van der Waals surface area contributed by atoms with Gasteiger partial charge >= 0.3 is 0 Å². The molecular weight excluding hydrogens is 1090 g/mol. The van der Waals surface area contributed by atoms with E-state index in [1.807, 2.05) is 0 Å². The Morgan fingerprint density at radius 2 is 0.405 bits per heavy atom. The van der Waals surface area contributed by atoms with Crippen LogP contribution < -0.4 is 0 Å². The number of nitrogens with zero attached hydrogens (tertiary/aromatic N) is 3. The van der Waals surface area contributed by atoms with Gasteiger partial charge < -0.3 is 168 Å². The van der Waals surface area contributed by atoms with Crippen LogP contribution in [0.4, 0.5) is 0 Å². The number of azide groups is 1. The predicted molar refractivity (Wildman–Crippen MR) is 235 cm³/mol. The van der Waals surface area contributed by atoms with Crippen molar-refractivity contribution in [3.63, 3.8) is 0 Å². The zero-order valence-corrected chi connectivity index (χ0v) is 41.2. The van der Waals surface area contributed by atoms with Gasteiger partial charge in [-0.3, -0.25) is 0 Å². The average molecular weight is 1160 g/mol. The first-order valence-corrected chi connectivity index (χ1v) is 25.0. The number of aliphatic hydroxyl groups is 20. The van der Waals surface area contributed by atoms with Gasteiger partial charge in [-0.1, -0.05) is 5.11 Å². The maximum Gasteiger partial charge on any atom is 0.187 e. The molecule has 0 aromatic heterocycles. The van der Waals surface area contributed by atoms with Crippen molar-refractivity contribution in [3.8, 4) is 0 Å². The van der Waals surface area contributed by atoms with Crippen molar-refractivity contribution >= 4 is 0 Å². The van der Waals surface area contributed by atoms with E-state index in [4.69, 9.17) is 66.3 Å². The fraction of sp³-hybridized carbons (Fsp3) is 1.00. The third kappa shape index (κ3) is 12.4. The zero-order valence-electron chi connectivity index (χ0n) is 41.2. The van der Waals surface area contributed by atoms with Crippen LogP contribution in [0.25, 0.3) is 10.4 Å². The molecule has 0 saturated carbocycles. The van der Waals surface area contributed by atoms with Crippen LogP contribution in [0.5, 0.6) is 0 Å². The van der Waals surface area contributed by atoms with E-state index >= 15 is 0 Å². The highest BCUT2D eigenvalue weighted by Crippen LogP contribution is 2.39. The van der Waals surface area contributed by atoms with E-state index < -0.39 is 261 Å². The molecule has 15 aliphatic rings. The lowest BCUT2D eigenvalue weighted by Gasteiger charge is -2.50.